The summed E-state index contributed by atoms with van der Waals surface area (Å²) < 4.78 is 0. The normalized spacial score (nSPS) is 21.1. The van der Waals surface area contributed by atoms with Crippen molar-refractivity contribution in [1.29, 1.82) is 5.26 Å². The van der Waals surface area contributed by atoms with Crippen LogP contribution in [0.4, 0.5) is 0 Å². The molecule has 7 nitrogen and oxygen atoms in total. The highest BCUT2D eigenvalue weighted by atomic mass is 16.2. The van der Waals surface area contributed by atoms with Crippen molar-refractivity contribution in [3.63, 3.8) is 0 Å². The second kappa shape index (κ2) is 8.21. The number of carbonyl (C=O) groups is 3. The molecule has 3 amide bonds. The number of piperazine rings is 1. The molecule has 1 aromatic carbocycles. The van der Waals surface area contributed by atoms with Gasteiger partial charge in [-0.3, -0.25) is 14.4 Å². The lowest BCUT2D eigenvalue weighted by atomic mass is 10.1. The number of nitriles is 1. The number of nitrogens with zero attached hydrogens (tertiary/aromatic N) is 4. The molecular formula is C20H24N4O3. The number of amides is 3. The van der Waals surface area contributed by atoms with E-state index in [1.165, 1.54) is 0 Å². The van der Waals surface area contributed by atoms with Gasteiger partial charge in [0.2, 0.25) is 17.7 Å². The summed E-state index contributed by atoms with van der Waals surface area (Å²) in [5.41, 5.74) is 1.06. The van der Waals surface area contributed by atoms with E-state index >= 15 is 0 Å². The van der Waals surface area contributed by atoms with Crippen LogP contribution in [0.1, 0.15) is 31.4 Å². The Bertz CT molecular complexity index is 750. The summed E-state index contributed by atoms with van der Waals surface area (Å²) in [5.74, 6) is -0.528. The minimum Gasteiger partial charge on any atom is -0.339 e. The van der Waals surface area contributed by atoms with E-state index in [9.17, 15) is 14.4 Å². The smallest absolute Gasteiger partial charge is 0.236 e. The largest absolute Gasteiger partial charge is 0.339 e. The number of rotatable bonds is 4. The van der Waals surface area contributed by atoms with E-state index in [1.807, 2.05) is 43.3 Å². The summed E-state index contributed by atoms with van der Waals surface area (Å²) in [7, 11) is 0. The Labute approximate surface area is 159 Å². The Kier molecular flexibility index (Phi) is 5.75. The Morgan fingerprint density at radius 1 is 1.15 bits per heavy atom. The molecular weight excluding hydrogens is 344 g/mol. The van der Waals surface area contributed by atoms with Gasteiger partial charge < -0.3 is 14.7 Å². The fourth-order valence-electron chi connectivity index (χ4n) is 3.80. The highest BCUT2D eigenvalue weighted by Crippen LogP contribution is 2.29. The van der Waals surface area contributed by atoms with E-state index in [0.29, 0.717) is 32.7 Å². The standard InChI is InChI=1S/C20H24N4O3/c1-15(16-5-3-2-4-6-16)24-14-17(13-19(24)26)20(27)23-11-9-22(10-12-23)18(25)7-8-21/h2-6,15,17H,7,9-14H2,1H3. The molecule has 0 bridgehead atoms. The van der Waals surface area contributed by atoms with Gasteiger partial charge in [0.05, 0.1) is 18.0 Å². The quantitative estimate of drug-likeness (QED) is 0.799. The van der Waals surface area contributed by atoms with E-state index in [2.05, 4.69) is 0 Å². The lowest BCUT2D eigenvalue weighted by Gasteiger charge is -2.35. The average Bonchev–Trinajstić information content (AvgIpc) is 3.09. The molecule has 2 aliphatic heterocycles. The predicted octanol–water partition coefficient (Wildman–Crippen LogP) is 1.18. The van der Waals surface area contributed by atoms with Crippen LogP contribution in [0.15, 0.2) is 30.3 Å². The van der Waals surface area contributed by atoms with Crippen molar-refractivity contribution in [2.75, 3.05) is 32.7 Å². The highest BCUT2D eigenvalue weighted by molar-refractivity contribution is 5.89. The minimum atomic E-state index is -0.329. The van der Waals surface area contributed by atoms with Gasteiger partial charge in [0, 0.05) is 39.1 Å². The molecule has 0 aliphatic carbocycles. The van der Waals surface area contributed by atoms with E-state index in [4.69, 9.17) is 5.26 Å². The summed E-state index contributed by atoms with van der Waals surface area (Å²) in [6.45, 7) is 4.21. The Morgan fingerprint density at radius 2 is 1.78 bits per heavy atom. The molecule has 2 unspecified atom stereocenters. The van der Waals surface area contributed by atoms with Gasteiger partial charge in [-0.05, 0) is 12.5 Å². The van der Waals surface area contributed by atoms with E-state index in [0.717, 1.165) is 5.56 Å². The topological polar surface area (TPSA) is 84.7 Å². The van der Waals surface area contributed by atoms with Crippen LogP contribution < -0.4 is 0 Å². The molecule has 0 spiro atoms. The van der Waals surface area contributed by atoms with Gasteiger partial charge in [-0.25, -0.2) is 0 Å². The molecule has 7 heteroatoms. The zero-order chi connectivity index (χ0) is 19.4. The Hall–Kier alpha value is -2.88. The van der Waals surface area contributed by atoms with Crippen LogP contribution in [0.3, 0.4) is 0 Å². The molecule has 0 radical (unpaired) electrons. The molecule has 2 aliphatic rings. The van der Waals surface area contributed by atoms with E-state index in [1.54, 1.807) is 14.7 Å². The van der Waals surface area contributed by atoms with Gasteiger partial charge >= 0.3 is 0 Å². The third-order valence-electron chi connectivity index (χ3n) is 5.43. The van der Waals surface area contributed by atoms with Crippen LogP contribution in [0.25, 0.3) is 0 Å². The van der Waals surface area contributed by atoms with Gasteiger partial charge in [-0.2, -0.15) is 5.26 Å². The number of carbonyl (C=O) groups excluding carboxylic acids is 3. The predicted molar refractivity (Wildman–Crippen MR) is 98.1 cm³/mol. The average molecular weight is 368 g/mol. The van der Waals surface area contributed by atoms with Gasteiger partial charge in [0.15, 0.2) is 0 Å². The zero-order valence-corrected chi connectivity index (χ0v) is 15.5. The molecule has 142 valence electrons. The maximum absolute atomic E-state index is 12.8. The van der Waals surface area contributed by atoms with Gasteiger partial charge in [0.25, 0.3) is 0 Å². The summed E-state index contributed by atoms with van der Waals surface area (Å²) in [5, 5.41) is 8.63. The van der Waals surface area contributed by atoms with Crippen molar-refractivity contribution in [3.05, 3.63) is 35.9 Å². The first-order valence-corrected chi connectivity index (χ1v) is 9.29. The number of hydrogen-bond acceptors (Lipinski definition) is 4. The molecule has 1 aromatic rings. The van der Waals surface area contributed by atoms with Crippen LogP contribution in [0.2, 0.25) is 0 Å². The zero-order valence-electron chi connectivity index (χ0n) is 15.5. The van der Waals surface area contributed by atoms with Crippen molar-refractivity contribution in [3.8, 4) is 6.07 Å². The van der Waals surface area contributed by atoms with Crippen LogP contribution in [0.5, 0.6) is 0 Å². The molecule has 3 rings (SSSR count). The number of hydrogen-bond donors (Lipinski definition) is 0. The van der Waals surface area contributed by atoms with Crippen LogP contribution in [-0.2, 0) is 14.4 Å². The molecule has 2 heterocycles. The molecule has 2 saturated heterocycles. The van der Waals surface area contributed by atoms with Crippen molar-refractivity contribution in [2.45, 2.75) is 25.8 Å². The molecule has 0 N–H and O–H groups in total. The lowest BCUT2D eigenvalue weighted by molar-refractivity contribution is -0.141. The molecule has 27 heavy (non-hydrogen) atoms. The van der Waals surface area contributed by atoms with Crippen molar-refractivity contribution in [2.24, 2.45) is 5.92 Å². The van der Waals surface area contributed by atoms with Crippen molar-refractivity contribution >= 4 is 17.7 Å². The van der Waals surface area contributed by atoms with E-state index < -0.39 is 0 Å². The van der Waals surface area contributed by atoms with Gasteiger partial charge in [-0.1, -0.05) is 30.3 Å². The minimum absolute atomic E-state index is 0.00698. The fraction of sp³-hybridized carbons (Fsp3) is 0.500. The molecule has 0 saturated carbocycles. The summed E-state index contributed by atoms with van der Waals surface area (Å²) in [6.07, 6.45) is 0.112. The summed E-state index contributed by atoms with van der Waals surface area (Å²) in [6, 6.07) is 11.6. The van der Waals surface area contributed by atoms with Crippen molar-refractivity contribution < 1.29 is 14.4 Å². The van der Waals surface area contributed by atoms with Gasteiger partial charge in [-0.15, -0.1) is 0 Å². The second-order valence-electron chi connectivity index (χ2n) is 7.07. The number of benzene rings is 1. The van der Waals surface area contributed by atoms with Crippen LogP contribution in [0, 0.1) is 17.2 Å². The first-order chi connectivity index (χ1) is 13.0. The molecule has 0 aromatic heterocycles. The lowest BCUT2D eigenvalue weighted by Crippen LogP contribution is -2.52. The molecule has 2 atom stereocenters. The maximum atomic E-state index is 12.8. The SMILES string of the molecule is CC(c1ccccc1)N1CC(C(=O)N2CCN(C(=O)CC#N)CC2)CC1=O. The summed E-state index contributed by atoms with van der Waals surface area (Å²) in [4.78, 5) is 42.2. The number of likely N-dealkylation sites (tertiary alicyclic amines) is 1. The second-order valence-corrected chi connectivity index (χ2v) is 7.07. The first kappa shape index (κ1) is 18.9. The fourth-order valence-corrected chi connectivity index (χ4v) is 3.80. The van der Waals surface area contributed by atoms with Gasteiger partial charge in [0.1, 0.15) is 6.42 Å². The summed E-state index contributed by atoms with van der Waals surface area (Å²) >= 11 is 0. The first-order valence-electron chi connectivity index (χ1n) is 9.29. The molecule has 2 fully saturated rings. The Balaban J connectivity index is 1.57. The maximum Gasteiger partial charge on any atom is 0.236 e. The third kappa shape index (κ3) is 4.11. The van der Waals surface area contributed by atoms with Crippen LogP contribution in [-0.4, -0.2) is 65.1 Å². The third-order valence-corrected chi connectivity index (χ3v) is 5.43. The monoisotopic (exact) mass is 368 g/mol. The van der Waals surface area contributed by atoms with E-state index in [-0.39, 0.29) is 42.5 Å². The van der Waals surface area contributed by atoms with Crippen molar-refractivity contribution in [1.82, 2.24) is 14.7 Å². The highest BCUT2D eigenvalue weighted by Gasteiger charge is 2.39. The Morgan fingerprint density at radius 3 is 2.41 bits per heavy atom. The van der Waals surface area contributed by atoms with Crippen LogP contribution >= 0.6 is 0 Å².